The predicted molar refractivity (Wildman–Crippen MR) is 100 cm³/mol. The Morgan fingerprint density at radius 1 is 1.20 bits per heavy atom. The zero-order valence-corrected chi connectivity index (χ0v) is 16.6. The van der Waals surface area contributed by atoms with Crippen LogP contribution in [0.15, 0.2) is 45.1 Å². The van der Waals surface area contributed by atoms with Crippen LogP contribution in [0.4, 0.5) is 0 Å². The maximum Gasteiger partial charge on any atom is 0.240 e. The minimum absolute atomic E-state index is 0.00321. The van der Waals surface area contributed by atoms with Gasteiger partial charge in [0.1, 0.15) is 0 Å². The molecule has 0 aliphatic rings. The third-order valence-electron chi connectivity index (χ3n) is 3.30. The van der Waals surface area contributed by atoms with Crippen molar-refractivity contribution >= 4 is 49.0 Å². The Kier molecular flexibility index (Phi) is 6.88. The molecular weight excluding hydrogens is 428 g/mol. The summed E-state index contributed by atoms with van der Waals surface area (Å²) in [5.41, 5.74) is 0.443. The molecule has 1 amide bonds. The van der Waals surface area contributed by atoms with Gasteiger partial charge in [0.2, 0.25) is 15.9 Å². The van der Waals surface area contributed by atoms with Crippen LogP contribution in [0.2, 0.25) is 0 Å². The van der Waals surface area contributed by atoms with E-state index >= 15 is 0 Å². The van der Waals surface area contributed by atoms with Crippen LogP contribution in [0.1, 0.15) is 28.6 Å². The molecule has 2 N–H and O–H groups in total. The minimum atomic E-state index is -3.71. The summed E-state index contributed by atoms with van der Waals surface area (Å²) in [6.45, 7) is 1.82. The number of amides is 1. The van der Waals surface area contributed by atoms with Gasteiger partial charge in [-0.3, -0.25) is 9.59 Å². The van der Waals surface area contributed by atoms with Crippen LogP contribution >= 0.6 is 27.3 Å². The lowest BCUT2D eigenvalue weighted by atomic mass is 10.2. The summed E-state index contributed by atoms with van der Waals surface area (Å²) in [5, 5.41) is 4.66. The molecule has 0 radical (unpaired) electrons. The third-order valence-corrected chi connectivity index (χ3v) is 6.47. The van der Waals surface area contributed by atoms with Crippen LogP contribution < -0.4 is 10.0 Å². The van der Waals surface area contributed by atoms with Gasteiger partial charge < -0.3 is 5.32 Å². The van der Waals surface area contributed by atoms with Gasteiger partial charge in [-0.1, -0.05) is 12.1 Å². The van der Waals surface area contributed by atoms with E-state index in [0.29, 0.717) is 12.1 Å². The molecule has 0 spiro atoms. The van der Waals surface area contributed by atoms with Crippen molar-refractivity contribution in [2.75, 3.05) is 6.54 Å². The zero-order valence-electron chi connectivity index (χ0n) is 13.4. The van der Waals surface area contributed by atoms with E-state index in [2.05, 4.69) is 26.0 Å². The van der Waals surface area contributed by atoms with Crippen molar-refractivity contribution in [2.45, 2.75) is 24.8 Å². The van der Waals surface area contributed by atoms with E-state index in [-0.39, 0.29) is 29.6 Å². The fraction of sp³-hybridized carbons (Fsp3) is 0.250. The number of sulfonamides is 1. The lowest BCUT2D eigenvalue weighted by Crippen LogP contribution is -2.30. The number of carbonyl (C=O) groups excluding carboxylic acids is 2. The maximum atomic E-state index is 12.1. The second kappa shape index (κ2) is 8.70. The highest BCUT2D eigenvalue weighted by molar-refractivity contribution is 9.10. The predicted octanol–water partition coefficient (Wildman–Crippen LogP) is 2.70. The molecule has 1 aromatic heterocycles. The van der Waals surface area contributed by atoms with Crippen LogP contribution in [-0.2, 0) is 21.4 Å². The number of hydrogen-bond donors (Lipinski definition) is 2. The van der Waals surface area contributed by atoms with E-state index in [1.54, 1.807) is 0 Å². The van der Waals surface area contributed by atoms with Crippen molar-refractivity contribution in [1.29, 1.82) is 0 Å². The Labute approximate surface area is 158 Å². The largest absolute Gasteiger partial charge is 0.351 e. The summed E-state index contributed by atoms with van der Waals surface area (Å²) in [4.78, 5) is 24.0. The SMILES string of the molecule is CC(=O)c1ccc(S(=O)(=O)NCCC(=O)NCc2cc(Br)cs2)cc1. The van der Waals surface area contributed by atoms with Gasteiger partial charge in [0.15, 0.2) is 5.78 Å². The Morgan fingerprint density at radius 2 is 1.88 bits per heavy atom. The van der Waals surface area contributed by atoms with Gasteiger partial charge in [-0.2, -0.15) is 0 Å². The van der Waals surface area contributed by atoms with E-state index in [1.165, 1.54) is 42.5 Å². The smallest absolute Gasteiger partial charge is 0.240 e. The highest BCUT2D eigenvalue weighted by Crippen LogP contribution is 2.19. The van der Waals surface area contributed by atoms with Crippen LogP contribution in [0.5, 0.6) is 0 Å². The van der Waals surface area contributed by atoms with Crippen molar-refractivity contribution in [3.05, 3.63) is 50.6 Å². The third kappa shape index (κ3) is 6.03. The molecule has 134 valence electrons. The number of rotatable bonds is 8. The topological polar surface area (TPSA) is 92.3 Å². The molecule has 0 saturated carbocycles. The number of hydrogen-bond acceptors (Lipinski definition) is 5. The molecule has 0 bridgehead atoms. The second-order valence-corrected chi connectivity index (χ2v) is 8.91. The van der Waals surface area contributed by atoms with Crippen molar-refractivity contribution in [1.82, 2.24) is 10.0 Å². The average molecular weight is 445 g/mol. The van der Waals surface area contributed by atoms with E-state index < -0.39 is 10.0 Å². The van der Waals surface area contributed by atoms with E-state index in [4.69, 9.17) is 0 Å². The number of ketones is 1. The fourth-order valence-corrected chi connectivity index (χ4v) is 4.39. The van der Waals surface area contributed by atoms with Crippen LogP contribution in [0.3, 0.4) is 0 Å². The Morgan fingerprint density at radius 3 is 2.44 bits per heavy atom. The van der Waals surface area contributed by atoms with Gasteiger partial charge in [-0.05, 0) is 41.1 Å². The fourth-order valence-electron chi connectivity index (χ4n) is 1.97. The Hall–Kier alpha value is -1.55. The van der Waals surface area contributed by atoms with Gasteiger partial charge in [0.05, 0.1) is 11.4 Å². The molecule has 2 rings (SSSR count). The van der Waals surface area contributed by atoms with Gasteiger partial charge in [-0.15, -0.1) is 11.3 Å². The van der Waals surface area contributed by atoms with Gasteiger partial charge in [-0.25, -0.2) is 13.1 Å². The number of nitrogens with one attached hydrogen (secondary N) is 2. The molecule has 1 heterocycles. The molecule has 1 aromatic carbocycles. The first-order chi connectivity index (χ1) is 11.8. The highest BCUT2D eigenvalue weighted by atomic mass is 79.9. The lowest BCUT2D eigenvalue weighted by molar-refractivity contribution is -0.121. The van der Waals surface area contributed by atoms with Gasteiger partial charge in [0.25, 0.3) is 0 Å². The number of benzene rings is 1. The Bertz CT molecular complexity index is 861. The number of halogens is 1. The summed E-state index contributed by atoms with van der Waals surface area (Å²) in [7, 11) is -3.71. The molecule has 25 heavy (non-hydrogen) atoms. The first kappa shape index (κ1) is 19.8. The maximum absolute atomic E-state index is 12.1. The van der Waals surface area contributed by atoms with Crippen molar-refractivity contribution in [3.63, 3.8) is 0 Å². The standard InChI is InChI=1S/C16H17BrN2O4S2/c1-11(20)12-2-4-15(5-3-12)25(22,23)19-7-6-16(21)18-9-14-8-13(17)10-24-14/h2-5,8,10,19H,6-7,9H2,1H3,(H,18,21). The van der Waals surface area contributed by atoms with E-state index in [0.717, 1.165) is 9.35 Å². The summed E-state index contributed by atoms with van der Waals surface area (Å²) >= 11 is 4.86. The molecule has 9 heteroatoms. The molecule has 0 saturated heterocycles. The Balaban J connectivity index is 1.81. The number of carbonyl (C=O) groups is 2. The van der Waals surface area contributed by atoms with Crippen LogP contribution in [-0.4, -0.2) is 26.7 Å². The summed E-state index contributed by atoms with van der Waals surface area (Å²) in [6.07, 6.45) is 0.0390. The zero-order chi connectivity index (χ0) is 18.4. The lowest BCUT2D eigenvalue weighted by Gasteiger charge is -2.07. The molecular formula is C16H17BrN2O4S2. The quantitative estimate of drug-likeness (QED) is 0.612. The number of thiophene rings is 1. The molecule has 0 fully saturated rings. The van der Waals surface area contributed by atoms with Crippen molar-refractivity contribution < 1.29 is 18.0 Å². The van der Waals surface area contributed by atoms with Crippen LogP contribution in [0.25, 0.3) is 0 Å². The summed E-state index contributed by atoms with van der Waals surface area (Å²) < 4.78 is 27.6. The molecule has 0 aliphatic heterocycles. The van der Waals surface area contributed by atoms with Gasteiger partial charge >= 0.3 is 0 Å². The van der Waals surface area contributed by atoms with E-state index in [1.807, 2.05) is 11.4 Å². The average Bonchev–Trinajstić information content (AvgIpc) is 2.98. The summed E-state index contributed by atoms with van der Waals surface area (Å²) in [6, 6.07) is 7.57. The molecule has 2 aromatic rings. The van der Waals surface area contributed by atoms with Gasteiger partial charge in [0, 0.05) is 33.3 Å². The van der Waals surface area contributed by atoms with Crippen molar-refractivity contribution in [3.8, 4) is 0 Å². The molecule has 6 nitrogen and oxygen atoms in total. The first-order valence-corrected chi connectivity index (χ1v) is 10.5. The van der Waals surface area contributed by atoms with Crippen molar-refractivity contribution in [2.24, 2.45) is 0 Å². The second-order valence-electron chi connectivity index (χ2n) is 5.24. The molecule has 0 unspecified atom stereocenters. The molecule has 0 atom stereocenters. The number of Topliss-reactive ketones (excluding diaryl/α,β-unsaturated/α-hetero) is 1. The normalized spacial score (nSPS) is 11.3. The van der Waals surface area contributed by atoms with E-state index in [9.17, 15) is 18.0 Å². The minimum Gasteiger partial charge on any atom is -0.351 e. The first-order valence-electron chi connectivity index (χ1n) is 7.38. The highest BCUT2D eigenvalue weighted by Gasteiger charge is 2.14. The monoisotopic (exact) mass is 444 g/mol. The molecule has 0 aliphatic carbocycles. The summed E-state index contributed by atoms with van der Waals surface area (Å²) in [5.74, 6) is -0.370. The van der Waals surface area contributed by atoms with Crippen LogP contribution in [0, 0.1) is 0 Å².